The van der Waals surface area contributed by atoms with Crippen molar-refractivity contribution in [3.63, 3.8) is 0 Å². The van der Waals surface area contributed by atoms with Crippen LogP contribution < -0.4 is 11.1 Å². The van der Waals surface area contributed by atoms with E-state index in [-0.39, 0.29) is 0 Å². The zero-order chi connectivity index (χ0) is 10.2. The number of hydrogen-bond acceptors (Lipinski definition) is 3. The van der Waals surface area contributed by atoms with Gasteiger partial charge in [-0.25, -0.2) is 0 Å². The summed E-state index contributed by atoms with van der Waals surface area (Å²) in [6.45, 7) is 4.10. The fraction of sp³-hybridized carbons (Fsp3) is 0.250. The molecule has 0 aromatic heterocycles. The lowest BCUT2D eigenvalue weighted by Crippen LogP contribution is -2.28. The van der Waals surface area contributed by atoms with Gasteiger partial charge in [0, 0.05) is 17.7 Å². The largest absolute Gasteiger partial charge is 0.376 e. The monoisotopic (exact) mass is 230 g/mol. The molecule has 0 aromatic carbocycles. The summed E-state index contributed by atoms with van der Waals surface area (Å²) in [5.74, 6) is 0. The molecule has 12 heavy (non-hydrogen) atoms. The zero-order valence-corrected chi connectivity index (χ0v) is 8.55. The van der Waals surface area contributed by atoms with Crippen LogP contribution in [0.5, 0.6) is 0 Å². The van der Waals surface area contributed by atoms with Crippen LogP contribution in [0.2, 0.25) is 0 Å². The third-order valence-corrected chi connectivity index (χ3v) is 0.565. The van der Waals surface area contributed by atoms with E-state index in [1.54, 1.807) is 6.08 Å². The fourth-order valence-corrected chi connectivity index (χ4v) is 0.256. The number of nitrogens with one attached hydrogen (secondary N) is 1. The molecule has 5 N–H and O–H groups in total. The predicted molar refractivity (Wildman–Crippen MR) is 55.8 cm³/mol. The average molecular weight is 230 g/mol. The minimum absolute atomic E-state index is 0.319. The summed E-state index contributed by atoms with van der Waals surface area (Å²) in [5.41, 5.74) is 5.05. The van der Waals surface area contributed by atoms with Crippen molar-refractivity contribution in [2.24, 2.45) is 5.73 Å². The lowest BCUT2D eigenvalue weighted by atomic mass is 10.6. The Hall–Kier alpha value is -0.280. The molecule has 0 heterocycles. The molecule has 8 heteroatoms. The van der Waals surface area contributed by atoms with Crippen molar-refractivity contribution in [3.05, 3.63) is 12.7 Å². The highest BCUT2D eigenvalue weighted by Gasteiger charge is 1.78. The summed E-state index contributed by atoms with van der Waals surface area (Å²) < 4.78 is 24.0. The van der Waals surface area contributed by atoms with Crippen molar-refractivity contribution in [1.29, 1.82) is 0 Å². The second-order valence-corrected chi connectivity index (χ2v) is 4.12. The highest BCUT2D eigenvalue weighted by Crippen LogP contribution is 1.62. The fourth-order valence-electron chi connectivity index (χ4n) is 0.173. The Morgan fingerprint density at radius 3 is 2.17 bits per heavy atom. The van der Waals surface area contributed by atoms with Crippen LogP contribution in [-0.4, -0.2) is 25.0 Å². The van der Waals surface area contributed by atoms with Crippen LogP contribution in [-0.2, 0) is 20.2 Å². The van der Waals surface area contributed by atoms with Gasteiger partial charge in [-0.05, 0) is 12.2 Å². The van der Waals surface area contributed by atoms with Crippen molar-refractivity contribution in [2.75, 3.05) is 6.54 Å². The molecule has 0 rings (SSSR count). The van der Waals surface area contributed by atoms with Gasteiger partial charge in [0.1, 0.15) is 0 Å². The third-order valence-electron chi connectivity index (χ3n) is 0.421. The van der Waals surface area contributed by atoms with E-state index in [0.29, 0.717) is 11.7 Å². The molecule has 0 fully saturated rings. The first-order valence-corrected chi connectivity index (χ1v) is 5.42. The molecule has 0 atom stereocenters. The van der Waals surface area contributed by atoms with Gasteiger partial charge in [0.05, 0.1) is 0 Å². The van der Waals surface area contributed by atoms with Gasteiger partial charge in [-0.1, -0.05) is 6.08 Å². The van der Waals surface area contributed by atoms with Crippen LogP contribution in [0.15, 0.2) is 12.7 Å². The van der Waals surface area contributed by atoms with E-state index in [4.69, 9.17) is 19.0 Å². The number of nitrogens with two attached hydrogens (primary N) is 1. The lowest BCUT2D eigenvalue weighted by Gasteiger charge is -1.94. The van der Waals surface area contributed by atoms with E-state index in [1.165, 1.54) is 0 Å². The van der Waals surface area contributed by atoms with Crippen LogP contribution in [0.4, 0.5) is 0 Å². The van der Waals surface area contributed by atoms with Crippen molar-refractivity contribution in [3.8, 4) is 0 Å². The van der Waals surface area contributed by atoms with Crippen LogP contribution in [0.1, 0.15) is 0 Å². The first-order valence-electron chi connectivity index (χ1n) is 2.61. The van der Waals surface area contributed by atoms with Crippen molar-refractivity contribution in [1.82, 2.24) is 5.32 Å². The van der Waals surface area contributed by atoms with E-state index >= 15 is 0 Å². The first-order chi connectivity index (χ1) is 5.27. The molecule has 0 aliphatic rings. The maximum atomic E-state index is 9.11. The average Bonchev–Trinajstić information content (AvgIpc) is 1.79. The Bertz CT molecular complexity index is 228. The van der Waals surface area contributed by atoms with Crippen molar-refractivity contribution < 1.29 is 13.3 Å². The molecule has 5 nitrogen and oxygen atoms in total. The third kappa shape index (κ3) is 53.4. The summed E-state index contributed by atoms with van der Waals surface area (Å²) in [5, 5.41) is 3.01. The molecule has 0 aliphatic heterocycles. The van der Waals surface area contributed by atoms with Gasteiger partial charge < -0.3 is 11.1 Å². The summed E-state index contributed by atoms with van der Waals surface area (Å²) in [7, 11) is -3.83. The SMILES string of the molecule is C=CCNC(N)=S.O=S(O)(O)=S. The van der Waals surface area contributed by atoms with Gasteiger partial charge in [0.2, 0.25) is 0 Å². The second-order valence-electron chi connectivity index (χ2n) is 1.48. The number of thiocarbonyl (C=S) groups is 1. The summed E-state index contributed by atoms with van der Waals surface area (Å²) in [6.07, 6.45) is 1.69. The van der Waals surface area contributed by atoms with Crippen LogP contribution >= 0.6 is 12.2 Å². The molecule has 0 spiro atoms. The molecule has 0 saturated heterocycles. The van der Waals surface area contributed by atoms with E-state index in [1.807, 2.05) is 0 Å². The second kappa shape index (κ2) is 7.37. The van der Waals surface area contributed by atoms with E-state index < -0.39 is 9.05 Å². The van der Waals surface area contributed by atoms with Crippen LogP contribution in [0, 0.1) is 0 Å². The van der Waals surface area contributed by atoms with Crippen molar-refractivity contribution >= 4 is 37.6 Å². The summed E-state index contributed by atoms with van der Waals surface area (Å²) in [6, 6.07) is 0. The van der Waals surface area contributed by atoms with Crippen LogP contribution in [0.25, 0.3) is 0 Å². The maximum absolute atomic E-state index is 9.11. The molecule has 0 unspecified atom stereocenters. The van der Waals surface area contributed by atoms with Gasteiger partial charge in [-0.15, -0.1) is 6.58 Å². The van der Waals surface area contributed by atoms with Crippen LogP contribution in [0.3, 0.4) is 0 Å². The van der Waals surface area contributed by atoms with Gasteiger partial charge in [0.15, 0.2) is 5.11 Å². The van der Waals surface area contributed by atoms with Gasteiger partial charge in [-0.3, -0.25) is 9.11 Å². The van der Waals surface area contributed by atoms with Gasteiger partial charge >= 0.3 is 0 Å². The minimum Gasteiger partial charge on any atom is -0.376 e. The quantitative estimate of drug-likeness (QED) is 0.381. The highest BCUT2D eigenvalue weighted by molar-refractivity contribution is 8.26. The predicted octanol–water partition coefficient (Wildman–Crippen LogP) is -0.316. The molecule has 0 amide bonds. The Morgan fingerprint density at radius 1 is 1.75 bits per heavy atom. The molecular formula is C4H10N2O3S3. The molecular weight excluding hydrogens is 220 g/mol. The Balaban J connectivity index is 0. The number of hydrogen-bond donors (Lipinski definition) is 4. The standard InChI is InChI=1S/C4H8N2S.H2O3S2/c1-2-3-6-4(5)7;1-5(2,3)4/h2H,1,3H2,(H3,5,6,7);(H2,1,2,3,4). The molecule has 72 valence electrons. The van der Waals surface area contributed by atoms with Gasteiger partial charge in [0.25, 0.3) is 9.05 Å². The molecule has 0 aliphatic carbocycles. The topological polar surface area (TPSA) is 95.6 Å². The molecule has 0 saturated carbocycles. The molecule has 0 aromatic rings. The minimum atomic E-state index is -3.83. The maximum Gasteiger partial charge on any atom is 0.263 e. The Labute approximate surface area is 81.4 Å². The molecule has 0 bridgehead atoms. The summed E-state index contributed by atoms with van der Waals surface area (Å²) in [4.78, 5) is 0. The van der Waals surface area contributed by atoms with E-state index in [2.05, 4.69) is 35.3 Å². The molecule has 0 radical (unpaired) electrons. The van der Waals surface area contributed by atoms with Gasteiger partial charge in [-0.2, -0.15) is 4.21 Å². The Morgan fingerprint density at radius 2 is 2.08 bits per heavy atom. The van der Waals surface area contributed by atoms with E-state index in [0.717, 1.165) is 0 Å². The number of rotatable bonds is 2. The normalized spacial score (nSPS) is 9.17. The first kappa shape index (κ1) is 14.3. The lowest BCUT2D eigenvalue weighted by molar-refractivity contribution is 0.450. The van der Waals surface area contributed by atoms with Crippen molar-refractivity contribution in [2.45, 2.75) is 0 Å². The van der Waals surface area contributed by atoms with E-state index in [9.17, 15) is 0 Å². The summed E-state index contributed by atoms with van der Waals surface area (Å²) >= 11 is 7.95. The smallest absolute Gasteiger partial charge is 0.263 e. The zero-order valence-electron chi connectivity index (χ0n) is 6.10. The highest BCUT2D eigenvalue weighted by atomic mass is 32.9. The Kier molecular flexibility index (Phi) is 8.76.